The summed E-state index contributed by atoms with van der Waals surface area (Å²) in [6.07, 6.45) is 0.593. The van der Waals surface area contributed by atoms with Gasteiger partial charge in [-0.1, -0.05) is 32.0 Å². The Labute approximate surface area is 96.5 Å². The third-order valence-corrected chi connectivity index (χ3v) is 2.60. The number of rotatable bonds is 5. The standard InChI is InChI=1S/C13H19NO2/c1-10(2)12(8-9-15)14-13(16)11-6-4-3-5-7-11/h3-7,10,12,15H,8-9H2,1-2H3,(H,14,16). The van der Waals surface area contributed by atoms with E-state index in [1.165, 1.54) is 0 Å². The Kier molecular flexibility index (Phi) is 4.99. The van der Waals surface area contributed by atoms with Crippen molar-refractivity contribution in [3.63, 3.8) is 0 Å². The Morgan fingerprint density at radius 3 is 2.44 bits per heavy atom. The molecular formula is C13H19NO2. The predicted molar refractivity (Wildman–Crippen MR) is 64.2 cm³/mol. The second-order valence-electron chi connectivity index (χ2n) is 4.20. The van der Waals surface area contributed by atoms with Crippen LogP contribution in [0.4, 0.5) is 0 Å². The molecule has 2 N–H and O–H groups in total. The average molecular weight is 221 g/mol. The molecule has 1 atom stereocenters. The van der Waals surface area contributed by atoms with Gasteiger partial charge in [0.2, 0.25) is 0 Å². The van der Waals surface area contributed by atoms with Gasteiger partial charge in [0.1, 0.15) is 0 Å². The summed E-state index contributed by atoms with van der Waals surface area (Å²) in [5, 5.41) is 11.9. The zero-order chi connectivity index (χ0) is 12.0. The molecule has 0 aliphatic rings. The molecule has 0 aromatic heterocycles. The minimum Gasteiger partial charge on any atom is -0.396 e. The third kappa shape index (κ3) is 3.66. The van der Waals surface area contributed by atoms with Crippen molar-refractivity contribution in [2.45, 2.75) is 26.3 Å². The highest BCUT2D eigenvalue weighted by molar-refractivity contribution is 5.94. The van der Waals surface area contributed by atoms with Crippen LogP contribution in [0.2, 0.25) is 0 Å². The van der Waals surface area contributed by atoms with Gasteiger partial charge in [-0.25, -0.2) is 0 Å². The van der Waals surface area contributed by atoms with E-state index in [2.05, 4.69) is 5.32 Å². The first-order chi connectivity index (χ1) is 7.65. The van der Waals surface area contributed by atoms with Crippen LogP contribution in [0.25, 0.3) is 0 Å². The lowest BCUT2D eigenvalue weighted by atomic mass is 10.0. The summed E-state index contributed by atoms with van der Waals surface area (Å²) in [6, 6.07) is 9.15. The number of carbonyl (C=O) groups excluding carboxylic acids is 1. The van der Waals surface area contributed by atoms with Gasteiger partial charge >= 0.3 is 0 Å². The van der Waals surface area contributed by atoms with E-state index in [9.17, 15) is 4.79 Å². The number of nitrogens with one attached hydrogen (secondary N) is 1. The highest BCUT2D eigenvalue weighted by Crippen LogP contribution is 2.07. The van der Waals surface area contributed by atoms with Crippen molar-refractivity contribution in [3.05, 3.63) is 35.9 Å². The molecule has 1 aromatic rings. The number of hydrogen-bond donors (Lipinski definition) is 2. The molecule has 0 bridgehead atoms. The zero-order valence-corrected chi connectivity index (χ0v) is 9.81. The van der Waals surface area contributed by atoms with Crippen LogP contribution in [0.5, 0.6) is 0 Å². The van der Waals surface area contributed by atoms with Crippen molar-refractivity contribution in [3.8, 4) is 0 Å². The number of benzene rings is 1. The van der Waals surface area contributed by atoms with E-state index < -0.39 is 0 Å². The summed E-state index contributed by atoms with van der Waals surface area (Å²) in [5.41, 5.74) is 0.658. The Morgan fingerprint density at radius 1 is 1.31 bits per heavy atom. The molecule has 16 heavy (non-hydrogen) atoms. The average Bonchev–Trinajstić information content (AvgIpc) is 2.29. The smallest absolute Gasteiger partial charge is 0.251 e. The molecule has 1 aromatic carbocycles. The van der Waals surface area contributed by atoms with Gasteiger partial charge in [-0.15, -0.1) is 0 Å². The quantitative estimate of drug-likeness (QED) is 0.797. The first kappa shape index (κ1) is 12.7. The summed E-state index contributed by atoms with van der Waals surface area (Å²) < 4.78 is 0. The van der Waals surface area contributed by atoms with Crippen molar-refractivity contribution in [1.29, 1.82) is 0 Å². The fourth-order valence-electron chi connectivity index (χ4n) is 1.55. The SMILES string of the molecule is CC(C)C(CCO)NC(=O)c1ccccc1. The number of carbonyl (C=O) groups is 1. The third-order valence-electron chi connectivity index (χ3n) is 2.60. The molecule has 88 valence electrons. The lowest BCUT2D eigenvalue weighted by molar-refractivity contribution is 0.0916. The van der Waals surface area contributed by atoms with Crippen LogP contribution in [0.15, 0.2) is 30.3 Å². The minimum absolute atomic E-state index is 0.0257. The van der Waals surface area contributed by atoms with Gasteiger partial charge in [-0.2, -0.15) is 0 Å². The number of hydrogen-bond acceptors (Lipinski definition) is 2. The molecule has 0 spiro atoms. The molecule has 0 aliphatic heterocycles. The largest absolute Gasteiger partial charge is 0.396 e. The van der Waals surface area contributed by atoms with Crippen LogP contribution >= 0.6 is 0 Å². The number of aliphatic hydroxyl groups is 1. The maximum absolute atomic E-state index is 11.8. The molecule has 1 rings (SSSR count). The molecule has 0 heterocycles. The highest BCUT2D eigenvalue weighted by Gasteiger charge is 2.16. The molecule has 3 nitrogen and oxygen atoms in total. The van der Waals surface area contributed by atoms with Crippen molar-refractivity contribution in [2.75, 3.05) is 6.61 Å². The van der Waals surface area contributed by atoms with E-state index in [1.807, 2.05) is 32.0 Å². The van der Waals surface area contributed by atoms with Gasteiger partial charge in [-0.3, -0.25) is 4.79 Å². The highest BCUT2D eigenvalue weighted by atomic mass is 16.3. The number of aliphatic hydroxyl groups excluding tert-OH is 1. The van der Waals surface area contributed by atoms with Crippen LogP contribution in [-0.4, -0.2) is 23.7 Å². The number of amides is 1. The fraction of sp³-hybridized carbons (Fsp3) is 0.462. The van der Waals surface area contributed by atoms with Gasteiger partial charge in [0, 0.05) is 18.2 Å². The normalized spacial score (nSPS) is 12.5. The molecule has 3 heteroatoms. The summed E-state index contributed by atoms with van der Waals surface area (Å²) in [7, 11) is 0. The second kappa shape index (κ2) is 6.28. The van der Waals surface area contributed by atoms with Gasteiger partial charge in [0.05, 0.1) is 0 Å². The van der Waals surface area contributed by atoms with E-state index >= 15 is 0 Å². The Hall–Kier alpha value is -1.35. The van der Waals surface area contributed by atoms with Crippen LogP contribution in [0.3, 0.4) is 0 Å². The predicted octanol–water partition coefficient (Wildman–Crippen LogP) is 1.82. The maximum Gasteiger partial charge on any atom is 0.251 e. The van der Waals surface area contributed by atoms with Gasteiger partial charge in [0.25, 0.3) is 5.91 Å². The second-order valence-corrected chi connectivity index (χ2v) is 4.20. The van der Waals surface area contributed by atoms with Crippen molar-refractivity contribution < 1.29 is 9.90 Å². The van der Waals surface area contributed by atoms with Crippen LogP contribution in [0, 0.1) is 5.92 Å². The summed E-state index contributed by atoms with van der Waals surface area (Å²) in [4.78, 5) is 11.8. The summed E-state index contributed by atoms with van der Waals surface area (Å²) in [5.74, 6) is 0.243. The first-order valence-corrected chi connectivity index (χ1v) is 5.62. The van der Waals surface area contributed by atoms with Gasteiger partial charge in [-0.05, 0) is 24.5 Å². The topological polar surface area (TPSA) is 49.3 Å². The summed E-state index contributed by atoms with van der Waals surface area (Å²) >= 11 is 0. The van der Waals surface area contributed by atoms with E-state index in [4.69, 9.17) is 5.11 Å². The van der Waals surface area contributed by atoms with Crippen LogP contribution < -0.4 is 5.32 Å². The van der Waals surface area contributed by atoms with E-state index in [0.717, 1.165) is 0 Å². The Morgan fingerprint density at radius 2 is 1.94 bits per heavy atom. The minimum atomic E-state index is -0.0762. The molecular weight excluding hydrogens is 202 g/mol. The van der Waals surface area contributed by atoms with E-state index in [0.29, 0.717) is 17.9 Å². The van der Waals surface area contributed by atoms with Gasteiger partial charge in [0.15, 0.2) is 0 Å². The first-order valence-electron chi connectivity index (χ1n) is 5.62. The molecule has 0 aliphatic carbocycles. The molecule has 0 radical (unpaired) electrons. The molecule has 0 saturated heterocycles. The Bertz CT molecular complexity index is 322. The van der Waals surface area contributed by atoms with E-state index in [1.54, 1.807) is 12.1 Å². The monoisotopic (exact) mass is 221 g/mol. The molecule has 1 unspecified atom stereocenters. The van der Waals surface area contributed by atoms with Gasteiger partial charge < -0.3 is 10.4 Å². The molecule has 0 saturated carbocycles. The lowest BCUT2D eigenvalue weighted by Crippen LogP contribution is -2.39. The van der Waals surface area contributed by atoms with Crippen molar-refractivity contribution >= 4 is 5.91 Å². The molecule has 1 amide bonds. The van der Waals surface area contributed by atoms with Crippen molar-refractivity contribution in [1.82, 2.24) is 5.32 Å². The van der Waals surface area contributed by atoms with Crippen LogP contribution in [0.1, 0.15) is 30.6 Å². The fourth-order valence-corrected chi connectivity index (χ4v) is 1.55. The Balaban J connectivity index is 2.62. The van der Waals surface area contributed by atoms with Crippen LogP contribution in [-0.2, 0) is 0 Å². The maximum atomic E-state index is 11.8. The lowest BCUT2D eigenvalue weighted by Gasteiger charge is -2.21. The molecule has 0 fully saturated rings. The summed E-state index contributed by atoms with van der Waals surface area (Å²) in [6.45, 7) is 4.16. The zero-order valence-electron chi connectivity index (χ0n) is 9.81. The van der Waals surface area contributed by atoms with Crippen molar-refractivity contribution in [2.24, 2.45) is 5.92 Å². The van der Waals surface area contributed by atoms with E-state index in [-0.39, 0.29) is 18.6 Å².